The number of aromatic hydroxyl groups is 1. The van der Waals surface area contributed by atoms with Gasteiger partial charge in [0.1, 0.15) is 23.2 Å². The number of hydrogen-bond donors (Lipinski definition) is 1. The lowest BCUT2D eigenvalue weighted by Gasteiger charge is -2.27. The Bertz CT molecular complexity index is 990. The molecule has 3 rings (SSSR count). The molecule has 144 valence electrons. The molecule has 1 unspecified atom stereocenters. The molecule has 0 saturated heterocycles. The molecule has 5 heteroatoms. The number of phenols is 1. The van der Waals surface area contributed by atoms with Crippen LogP contribution in [0.25, 0.3) is 11.0 Å². The Hall–Kier alpha value is -2.56. The SMILES string of the molecule is CC(C)=CCc1c(O)c(C(=O)CC(C)C)c2oc(=O)cc3c2c1OC(C)C3. The molecule has 1 aliphatic heterocycles. The minimum atomic E-state index is -0.521. The van der Waals surface area contributed by atoms with Gasteiger partial charge in [-0.15, -0.1) is 0 Å². The third kappa shape index (κ3) is 3.64. The van der Waals surface area contributed by atoms with Crippen LogP contribution in [0, 0.1) is 5.92 Å². The van der Waals surface area contributed by atoms with E-state index in [1.807, 2.05) is 40.7 Å². The van der Waals surface area contributed by atoms with E-state index in [9.17, 15) is 14.7 Å². The number of ether oxygens (including phenoxy) is 1. The van der Waals surface area contributed by atoms with Gasteiger partial charge in [0.2, 0.25) is 0 Å². The van der Waals surface area contributed by atoms with E-state index in [0.29, 0.717) is 29.5 Å². The minimum Gasteiger partial charge on any atom is -0.507 e. The van der Waals surface area contributed by atoms with Crippen LogP contribution in [0.5, 0.6) is 11.5 Å². The molecule has 1 aromatic carbocycles. The van der Waals surface area contributed by atoms with Gasteiger partial charge < -0.3 is 14.3 Å². The number of benzene rings is 1. The summed E-state index contributed by atoms with van der Waals surface area (Å²) in [5.41, 5.74) is 2.18. The van der Waals surface area contributed by atoms with E-state index in [1.54, 1.807) is 0 Å². The van der Waals surface area contributed by atoms with E-state index < -0.39 is 5.63 Å². The molecule has 1 N–H and O–H groups in total. The Morgan fingerprint density at radius 2 is 2.07 bits per heavy atom. The predicted molar refractivity (Wildman–Crippen MR) is 105 cm³/mol. The van der Waals surface area contributed by atoms with Crippen molar-refractivity contribution in [1.82, 2.24) is 0 Å². The maximum atomic E-state index is 12.9. The van der Waals surface area contributed by atoms with Crippen LogP contribution in [0.2, 0.25) is 0 Å². The van der Waals surface area contributed by atoms with Gasteiger partial charge in [-0.25, -0.2) is 4.79 Å². The molecule has 5 nitrogen and oxygen atoms in total. The van der Waals surface area contributed by atoms with Crippen molar-refractivity contribution in [3.63, 3.8) is 0 Å². The zero-order valence-electron chi connectivity index (χ0n) is 16.5. The number of phenolic OH excluding ortho intramolecular Hbond substituents is 1. The Labute approximate surface area is 158 Å². The second-order valence-electron chi connectivity index (χ2n) is 7.97. The third-order valence-corrected chi connectivity index (χ3v) is 4.71. The van der Waals surface area contributed by atoms with E-state index in [0.717, 1.165) is 11.1 Å². The first-order valence-electron chi connectivity index (χ1n) is 9.36. The van der Waals surface area contributed by atoms with Crippen LogP contribution in [0.3, 0.4) is 0 Å². The van der Waals surface area contributed by atoms with E-state index in [4.69, 9.17) is 9.15 Å². The van der Waals surface area contributed by atoms with Gasteiger partial charge in [-0.05, 0) is 38.7 Å². The molecule has 1 atom stereocenters. The number of hydrogen-bond acceptors (Lipinski definition) is 5. The summed E-state index contributed by atoms with van der Waals surface area (Å²) in [6, 6.07) is 1.46. The second kappa shape index (κ2) is 7.22. The molecule has 0 bridgehead atoms. The molecule has 1 aromatic heterocycles. The third-order valence-electron chi connectivity index (χ3n) is 4.71. The summed E-state index contributed by atoms with van der Waals surface area (Å²) < 4.78 is 11.5. The van der Waals surface area contributed by atoms with Crippen molar-refractivity contribution in [2.45, 2.75) is 60.0 Å². The maximum Gasteiger partial charge on any atom is 0.336 e. The summed E-state index contributed by atoms with van der Waals surface area (Å²) in [4.78, 5) is 25.0. The average Bonchev–Trinajstić information content (AvgIpc) is 2.52. The van der Waals surface area contributed by atoms with Gasteiger partial charge in [-0.2, -0.15) is 0 Å². The molecule has 0 spiro atoms. The van der Waals surface area contributed by atoms with Crippen LogP contribution in [0.15, 0.2) is 26.9 Å². The van der Waals surface area contributed by atoms with Gasteiger partial charge in [0.15, 0.2) is 11.4 Å². The summed E-state index contributed by atoms with van der Waals surface area (Å²) in [5, 5.41) is 11.6. The van der Waals surface area contributed by atoms with Gasteiger partial charge in [0.05, 0.1) is 5.39 Å². The molecule has 27 heavy (non-hydrogen) atoms. The molecule has 0 amide bonds. The van der Waals surface area contributed by atoms with Gasteiger partial charge in [0.25, 0.3) is 0 Å². The van der Waals surface area contributed by atoms with Gasteiger partial charge in [0, 0.05) is 24.5 Å². The Morgan fingerprint density at radius 3 is 2.70 bits per heavy atom. The van der Waals surface area contributed by atoms with Crippen LogP contribution in [0.1, 0.15) is 62.5 Å². The normalized spacial score (nSPS) is 15.7. The quantitative estimate of drug-likeness (QED) is 0.474. The molecule has 0 saturated carbocycles. The molecule has 0 fully saturated rings. The number of rotatable bonds is 5. The summed E-state index contributed by atoms with van der Waals surface area (Å²) in [5.74, 6) is 0.256. The highest BCUT2D eigenvalue weighted by Crippen LogP contribution is 2.45. The minimum absolute atomic E-state index is 0.0942. The second-order valence-corrected chi connectivity index (χ2v) is 7.97. The first-order chi connectivity index (χ1) is 12.7. The summed E-state index contributed by atoms with van der Waals surface area (Å²) >= 11 is 0. The number of allylic oxidation sites excluding steroid dienone is 2. The monoisotopic (exact) mass is 370 g/mol. The zero-order valence-corrected chi connectivity index (χ0v) is 16.5. The van der Waals surface area contributed by atoms with E-state index >= 15 is 0 Å². The number of carbonyl (C=O) groups is 1. The summed E-state index contributed by atoms with van der Waals surface area (Å²) in [6.45, 7) is 9.74. The van der Waals surface area contributed by atoms with Gasteiger partial charge in [-0.1, -0.05) is 25.5 Å². The summed E-state index contributed by atoms with van der Waals surface area (Å²) in [6.07, 6.45) is 3.10. The van der Waals surface area contributed by atoms with Crippen LogP contribution in [-0.2, 0) is 12.8 Å². The van der Waals surface area contributed by atoms with Crippen molar-refractivity contribution in [2.75, 3.05) is 0 Å². The van der Waals surface area contributed by atoms with Crippen molar-refractivity contribution < 1.29 is 19.1 Å². The van der Waals surface area contributed by atoms with E-state index in [1.165, 1.54) is 6.07 Å². The van der Waals surface area contributed by atoms with E-state index in [2.05, 4.69) is 0 Å². The topological polar surface area (TPSA) is 76.7 Å². The van der Waals surface area contributed by atoms with Crippen LogP contribution in [0.4, 0.5) is 0 Å². The smallest absolute Gasteiger partial charge is 0.336 e. The lowest BCUT2D eigenvalue weighted by molar-refractivity contribution is 0.0965. The van der Waals surface area contributed by atoms with Crippen molar-refractivity contribution in [1.29, 1.82) is 0 Å². The number of Topliss-reactive ketones (excluding diaryl/α,β-unsaturated/α-hetero) is 1. The molecule has 2 aromatic rings. The first-order valence-corrected chi connectivity index (χ1v) is 9.36. The predicted octanol–water partition coefficient (Wildman–Crippen LogP) is 4.56. The summed E-state index contributed by atoms with van der Waals surface area (Å²) in [7, 11) is 0. The molecule has 0 radical (unpaired) electrons. The number of carbonyl (C=O) groups excluding carboxylic acids is 1. The zero-order chi connectivity index (χ0) is 19.9. The van der Waals surface area contributed by atoms with Crippen LogP contribution < -0.4 is 10.4 Å². The lowest BCUT2D eigenvalue weighted by Crippen LogP contribution is -2.23. The van der Waals surface area contributed by atoms with Crippen LogP contribution >= 0.6 is 0 Å². The van der Waals surface area contributed by atoms with E-state index in [-0.39, 0.29) is 41.1 Å². The van der Waals surface area contributed by atoms with Gasteiger partial charge >= 0.3 is 5.63 Å². The van der Waals surface area contributed by atoms with Crippen molar-refractivity contribution in [2.24, 2.45) is 5.92 Å². The highest BCUT2D eigenvalue weighted by atomic mass is 16.5. The van der Waals surface area contributed by atoms with Crippen molar-refractivity contribution in [3.8, 4) is 11.5 Å². The first kappa shape index (κ1) is 19.2. The molecule has 2 heterocycles. The fourth-order valence-corrected chi connectivity index (χ4v) is 3.55. The fourth-order valence-electron chi connectivity index (χ4n) is 3.55. The lowest BCUT2D eigenvalue weighted by atomic mass is 9.90. The largest absolute Gasteiger partial charge is 0.507 e. The Balaban J connectivity index is 2.39. The standard InChI is InChI=1S/C22H26O5/c1-11(2)6-7-15-20(25)19(16(23)8-12(3)4)22-18-14(10-17(24)27-22)9-13(5)26-21(15)18/h6,10,12-13,25H,7-9H2,1-5H3. The highest BCUT2D eigenvalue weighted by molar-refractivity contribution is 6.11. The number of ketones is 1. The van der Waals surface area contributed by atoms with Gasteiger partial charge in [-0.3, -0.25) is 4.79 Å². The molecule has 0 aliphatic carbocycles. The molecular weight excluding hydrogens is 344 g/mol. The molecular formula is C22H26O5. The molecule has 1 aliphatic rings. The maximum absolute atomic E-state index is 12.9. The fraction of sp³-hybridized carbons (Fsp3) is 0.455. The Morgan fingerprint density at radius 1 is 1.37 bits per heavy atom. The van der Waals surface area contributed by atoms with Crippen LogP contribution in [-0.4, -0.2) is 17.0 Å². The van der Waals surface area contributed by atoms with Crippen molar-refractivity contribution in [3.05, 3.63) is 44.8 Å². The highest BCUT2D eigenvalue weighted by Gasteiger charge is 2.31. The Kier molecular flexibility index (Phi) is 5.13. The van der Waals surface area contributed by atoms with Crippen molar-refractivity contribution >= 4 is 16.8 Å². The average molecular weight is 370 g/mol.